The van der Waals surface area contributed by atoms with Crippen LogP contribution >= 0.6 is 0 Å². The van der Waals surface area contributed by atoms with Crippen molar-refractivity contribution in [2.45, 2.75) is 0 Å². The Bertz CT molecular complexity index is 1510. The molecule has 2 heterocycles. The molecular weight excluding hydrogens is 430 g/mol. The first-order valence-corrected chi connectivity index (χ1v) is 10.7. The minimum atomic E-state index is -0.262. The van der Waals surface area contributed by atoms with Crippen LogP contribution < -0.4 is 14.2 Å². The van der Waals surface area contributed by atoms with E-state index in [1.807, 2.05) is 60.8 Å². The third-order valence-electron chi connectivity index (χ3n) is 5.76. The van der Waals surface area contributed by atoms with E-state index in [9.17, 15) is 4.79 Å². The minimum Gasteiger partial charge on any atom is -0.493 e. The van der Waals surface area contributed by atoms with Gasteiger partial charge >= 0.3 is 0 Å². The van der Waals surface area contributed by atoms with E-state index in [0.29, 0.717) is 34.2 Å². The number of nitrogens with one attached hydrogen (secondary N) is 2. The predicted molar refractivity (Wildman–Crippen MR) is 133 cm³/mol. The minimum absolute atomic E-state index is 0.262. The van der Waals surface area contributed by atoms with Gasteiger partial charge in [0.25, 0.3) is 0 Å². The molecule has 0 unspecified atom stereocenters. The average Bonchev–Trinajstić information content (AvgIpc) is 3.49. The number of benzene rings is 3. The van der Waals surface area contributed by atoms with Gasteiger partial charge in [-0.15, -0.1) is 0 Å². The number of ketones is 1. The van der Waals surface area contributed by atoms with Crippen LogP contribution in [0.1, 0.15) is 21.7 Å². The Morgan fingerprint density at radius 1 is 0.853 bits per heavy atom. The van der Waals surface area contributed by atoms with Crippen molar-refractivity contribution in [1.29, 1.82) is 0 Å². The molecule has 0 bridgehead atoms. The van der Waals surface area contributed by atoms with Crippen molar-refractivity contribution in [3.8, 4) is 17.2 Å². The lowest BCUT2D eigenvalue weighted by Crippen LogP contribution is -2.08. The molecule has 2 N–H and O–H groups in total. The molecule has 5 aromatic rings. The van der Waals surface area contributed by atoms with Gasteiger partial charge < -0.3 is 24.2 Å². The Labute approximate surface area is 196 Å². The van der Waals surface area contributed by atoms with Crippen molar-refractivity contribution in [1.82, 2.24) is 15.0 Å². The number of carbonyl (C=O) groups is 1. The molecule has 3 aromatic carbocycles. The van der Waals surface area contributed by atoms with Crippen LogP contribution in [-0.2, 0) is 0 Å². The number of hydrogen-bond acceptors (Lipinski definition) is 5. The molecule has 0 fully saturated rings. The van der Waals surface area contributed by atoms with Crippen LogP contribution in [0.2, 0.25) is 0 Å². The standard InChI is InChI=1S/C27H23N3O4/c1-32-23-13-12-18(25(33-2)26(23)34-3)24(31)19(27-29-21-10-6-7-11-22(21)30-27)14-16-15-28-20-9-5-4-8-17(16)20/h4-15,28H,1-3H3,(H,29,30)/b19-14-. The molecule has 34 heavy (non-hydrogen) atoms. The third kappa shape index (κ3) is 3.57. The lowest BCUT2D eigenvalue weighted by atomic mass is 9.98. The molecule has 0 aliphatic heterocycles. The zero-order chi connectivity index (χ0) is 23.7. The van der Waals surface area contributed by atoms with Crippen molar-refractivity contribution < 1.29 is 19.0 Å². The monoisotopic (exact) mass is 453 g/mol. The van der Waals surface area contributed by atoms with Gasteiger partial charge in [-0.25, -0.2) is 4.98 Å². The number of rotatable bonds is 7. The number of aromatic nitrogens is 3. The Morgan fingerprint density at radius 3 is 2.32 bits per heavy atom. The van der Waals surface area contributed by atoms with Crippen molar-refractivity contribution in [3.05, 3.63) is 83.8 Å². The Morgan fingerprint density at radius 2 is 1.59 bits per heavy atom. The van der Waals surface area contributed by atoms with Gasteiger partial charge in [0.1, 0.15) is 5.82 Å². The molecule has 7 nitrogen and oxygen atoms in total. The quantitative estimate of drug-likeness (QED) is 0.251. The van der Waals surface area contributed by atoms with Crippen molar-refractivity contribution >= 4 is 39.4 Å². The van der Waals surface area contributed by atoms with Crippen LogP contribution in [0, 0.1) is 0 Å². The van der Waals surface area contributed by atoms with E-state index < -0.39 is 0 Å². The maximum Gasteiger partial charge on any atom is 0.204 e. The fourth-order valence-corrected chi connectivity index (χ4v) is 4.12. The van der Waals surface area contributed by atoms with Gasteiger partial charge in [0.2, 0.25) is 11.5 Å². The summed E-state index contributed by atoms with van der Waals surface area (Å²) in [6.45, 7) is 0. The molecule has 0 amide bonds. The number of Topliss-reactive ketones (excluding diaryl/α,β-unsaturated/α-hetero) is 1. The first-order valence-electron chi connectivity index (χ1n) is 10.7. The van der Waals surface area contributed by atoms with E-state index in [0.717, 1.165) is 27.5 Å². The number of methoxy groups -OCH3 is 3. The van der Waals surface area contributed by atoms with Gasteiger partial charge in [0.15, 0.2) is 11.5 Å². The summed E-state index contributed by atoms with van der Waals surface area (Å²) in [5, 5.41) is 1.00. The molecule has 0 saturated carbocycles. The molecule has 7 heteroatoms. The highest BCUT2D eigenvalue weighted by molar-refractivity contribution is 6.33. The number of aromatic amines is 2. The van der Waals surface area contributed by atoms with Crippen molar-refractivity contribution in [2.75, 3.05) is 21.3 Å². The first kappa shape index (κ1) is 21.3. The van der Waals surface area contributed by atoms with Crippen molar-refractivity contribution in [2.24, 2.45) is 0 Å². The fraction of sp³-hybridized carbons (Fsp3) is 0.111. The number of nitrogens with zero attached hydrogens (tertiary/aromatic N) is 1. The molecule has 0 saturated heterocycles. The molecular formula is C27H23N3O4. The molecule has 0 aliphatic rings. The zero-order valence-electron chi connectivity index (χ0n) is 19.0. The highest BCUT2D eigenvalue weighted by Crippen LogP contribution is 2.41. The average molecular weight is 453 g/mol. The lowest BCUT2D eigenvalue weighted by Gasteiger charge is -2.15. The number of hydrogen-bond donors (Lipinski definition) is 2. The predicted octanol–water partition coefficient (Wildman–Crippen LogP) is 5.49. The number of para-hydroxylation sites is 3. The summed E-state index contributed by atoms with van der Waals surface area (Å²) in [4.78, 5) is 25.3. The van der Waals surface area contributed by atoms with Gasteiger partial charge in [-0.1, -0.05) is 30.3 Å². The van der Waals surface area contributed by atoms with Crippen molar-refractivity contribution in [3.63, 3.8) is 0 Å². The smallest absolute Gasteiger partial charge is 0.204 e. The van der Waals surface area contributed by atoms with E-state index in [1.54, 1.807) is 12.1 Å². The molecule has 0 radical (unpaired) electrons. The number of fused-ring (bicyclic) bond motifs is 2. The summed E-state index contributed by atoms with van der Waals surface area (Å²) < 4.78 is 16.5. The van der Waals surface area contributed by atoms with Crippen LogP contribution in [0.4, 0.5) is 0 Å². The highest BCUT2D eigenvalue weighted by Gasteiger charge is 2.26. The van der Waals surface area contributed by atoms with Crippen LogP contribution in [0.5, 0.6) is 17.2 Å². The SMILES string of the molecule is COc1ccc(C(=O)/C(=C/c2c[nH]c3ccccc23)c2nc3ccccc3[nH]2)c(OC)c1OC. The zero-order valence-corrected chi connectivity index (χ0v) is 19.0. The number of ether oxygens (including phenoxy) is 3. The second-order valence-electron chi connectivity index (χ2n) is 7.66. The van der Waals surface area contributed by atoms with E-state index in [1.165, 1.54) is 21.3 Å². The molecule has 0 aliphatic carbocycles. The highest BCUT2D eigenvalue weighted by atomic mass is 16.5. The Hall–Kier alpha value is -4.52. The van der Waals surface area contributed by atoms with E-state index in [-0.39, 0.29) is 5.78 Å². The van der Waals surface area contributed by atoms with Crippen LogP contribution in [-0.4, -0.2) is 42.1 Å². The first-order chi connectivity index (χ1) is 16.6. The van der Waals surface area contributed by atoms with E-state index in [4.69, 9.17) is 19.2 Å². The van der Waals surface area contributed by atoms with Gasteiger partial charge in [-0.3, -0.25) is 4.79 Å². The van der Waals surface area contributed by atoms with Gasteiger partial charge in [0.05, 0.1) is 43.5 Å². The van der Waals surface area contributed by atoms with Gasteiger partial charge in [-0.05, 0) is 36.4 Å². The number of H-pyrrole nitrogens is 2. The fourth-order valence-electron chi connectivity index (χ4n) is 4.12. The Kier molecular flexibility index (Phi) is 5.51. The molecule has 5 rings (SSSR count). The van der Waals surface area contributed by atoms with Gasteiger partial charge in [-0.2, -0.15) is 0 Å². The molecule has 170 valence electrons. The second-order valence-corrected chi connectivity index (χ2v) is 7.66. The van der Waals surface area contributed by atoms with E-state index >= 15 is 0 Å². The second kappa shape index (κ2) is 8.78. The number of imidazole rings is 1. The van der Waals surface area contributed by atoms with Crippen LogP contribution in [0.3, 0.4) is 0 Å². The summed E-state index contributed by atoms with van der Waals surface area (Å²) in [6, 6.07) is 19.0. The summed E-state index contributed by atoms with van der Waals surface area (Å²) in [5.41, 5.74) is 4.20. The summed E-state index contributed by atoms with van der Waals surface area (Å²) in [7, 11) is 4.55. The molecule has 2 aromatic heterocycles. The Balaban J connectivity index is 1.73. The van der Waals surface area contributed by atoms with E-state index in [2.05, 4.69) is 9.97 Å². The maximum absolute atomic E-state index is 14.0. The van der Waals surface area contributed by atoms with Crippen LogP contribution in [0.25, 0.3) is 33.6 Å². The normalized spacial score (nSPS) is 11.7. The maximum atomic E-state index is 14.0. The van der Waals surface area contributed by atoms with Crippen LogP contribution in [0.15, 0.2) is 66.9 Å². The summed E-state index contributed by atoms with van der Waals surface area (Å²) in [5.74, 6) is 1.33. The summed E-state index contributed by atoms with van der Waals surface area (Å²) in [6.07, 6.45) is 3.72. The number of allylic oxidation sites excluding steroid dienone is 1. The molecule has 0 spiro atoms. The third-order valence-corrected chi connectivity index (χ3v) is 5.76. The van der Waals surface area contributed by atoms with Gasteiger partial charge in [0, 0.05) is 22.7 Å². The molecule has 0 atom stereocenters. The number of carbonyl (C=O) groups excluding carboxylic acids is 1. The lowest BCUT2D eigenvalue weighted by molar-refractivity contribution is 0.105. The summed E-state index contributed by atoms with van der Waals surface area (Å²) >= 11 is 0. The topological polar surface area (TPSA) is 89.2 Å². The largest absolute Gasteiger partial charge is 0.493 e.